The van der Waals surface area contributed by atoms with Gasteiger partial charge in [0.15, 0.2) is 0 Å². The van der Waals surface area contributed by atoms with Crippen LogP contribution in [0, 0.1) is 11.8 Å². The van der Waals surface area contributed by atoms with Gasteiger partial charge >= 0.3 is 0 Å². The van der Waals surface area contributed by atoms with Crippen LogP contribution in [0.2, 0.25) is 0 Å². The largest absolute Gasteiger partial charge is 0.314 e. The first-order valence-corrected chi connectivity index (χ1v) is 5.25. The molecular weight excluding hydrogens is 146 g/mol. The van der Waals surface area contributed by atoms with Crippen LogP contribution >= 0.6 is 0 Å². The summed E-state index contributed by atoms with van der Waals surface area (Å²) in [5.74, 6) is 1.63. The van der Waals surface area contributed by atoms with Gasteiger partial charge in [-0.3, -0.25) is 0 Å². The zero-order valence-corrected chi connectivity index (χ0v) is 9.35. The van der Waals surface area contributed by atoms with Crippen molar-refractivity contribution in [1.82, 2.24) is 5.32 Å². The Labute approximate surface area is 77.9 Å². The third-order valence-corrected chi connectivity index (χ3v) is 2.04. The molecule has 0 unspecified atom stereocenters. The van der Waals surface area contributed by atoms with Gasteiger partial charge in [-0.05, 0) is 38.1 Å². The summed E-state index contributed by atoms with van der Waals surface area (Å²) >= 11 is 0. The molecule has 0 aliphatic rings. The molecule has 0 aromatic carbocycles. The molecule has 0 radical (unpaired) electrons. The quantitative estimate of drug-likeness (QED) is 0.647. The molecule has 0 amide bonds. The number of nitrogens with one attached hydrogen (secondary N) is 1. The first kappa shape index (κ1) is 12.0. The second kappa shape index (κ2) is 6.47. The molecule has 1 heteroatoms. The smallest absolute Gasteiger partial charge is 0.00411 e. The highest BCUT2D eigenvalue weighted by Gasteiger charge is 2.03. The fourth-order valence-electron chi connectivity index (χ4n) is 1.41. The van der Waals surface area contributed by atoms with Crippen molar-refractivity contribution in [3.05, 3.63) is 0 Å². The van der Waals surface area contributed by atoms with Crippen molar-refractivity contribution in [3.63, 3.8) is 0 Å². The van der Waals surface area contributed by atoms with E-state index in [1.54, 1.807) is 0 Å². The molecule has 0 aliphatic heterocycles. The van der Waals surface area contributed by atoms with Crippen LogP contribution < -0.4 is 5.32 Å². The Morgan fingerprint density at radius 1 is 0.917 bits per heavy atom. The van der Waals surface area contributed by atoms with Crippen molar-refractivity contribution in [2.24, 2.45) is 11.8 Å². The summed E-state index contributed by atoms with van der Waals surface area (Å²) in [7, 11) is 0. The lowest BCUT2D eigenvalue weighted by Crippen LogP contribution is -2.28. The zero-order chi connectivity index (χ0) is 9.56. The van der Waals surface area contributed by atoms with Gasteiger partial charge in [-0.15, -0.1) is 0 Å². The number of hydrogen-bond acceptors (Lipinski definition) is 1. The van der Waals surface area contributed by atoms with E-state index in [1.165, 1.54) is 19.4 Å². The van der Waals surface area contributed by atoms with Crippen LogP contribution in [0.5, 0.6) is 0 Å². The molecule has 1 nitrogen and oxygen atoms in total. The third-order valence-electron chi connectivity index (χ3n) is 2.04. The van der Waals surface area contributed by atoms with E-state index in [9.17, 15) is 0 Å². The van der Waals surface area contributed by atoms with E-state index in [0.29, 0.717) is 6.04 Å². The maximum Gasteiger partial charge on any atom is 0.00411 e. The summed E-state index contributed by atoms with van der Waals surface area (Å²) in [6, 6.07) is 0.684. The molecule has 0 aliphatic carbocycles. The van der Waals surface area contributed by atoms with Gasteiger partial charge in [0.05, 0.1) is 0 Å². The first-order valence-electron chi connectivity index (χ1n) is 5.25. The van der Waals surface area contributed by atoms with Gasteiger partial charge in [-0.1, -0.05) is 27.7 Å². The molecule has 0 rings (SSSR count). The normalized spacial score (nSPS) is 14.2. The highest BCUT2D eigenvalue weighted by Crippen LogP contribution is 2.04. The molecule has 0 aromatic rings. The molecule has 74 valence electrons. The molecule has 12 heavy (non-hydrogen) atoms. The van der Waals surface area contributed by atoms with Gasteiger partial charge in [0.1, 0.15) is 0 Å². The minimum Gasteiger partial charge on any atom is -0.314 e. The Kier molecular flexibility index (Phi) is 6.45. The summed E-state index contributed by atoms with van der Waals surface area (Å²) in [5, 5.41) is 3.55. The molecule has 0 bridgehead atoms. The van der Waals surface area contributed by atoms with Crippen molar-refractivity contribution in [3.8, 4) is 0 Å². The van der Waals surface area contributed by atoms with Gasteiger partial charge in [0, 0.05) is 6.04 Å². The van der Waals surface area contributed by atoms with E-state index in [4.69, 9.17) is 0 Å². The van der Waals surface area contributed by atoms with Gasteiger partial charge < -0.3 is 5.32 Å². The van der Waals surface area contributed by atoms with Crippen LogP contribution in [-0.4, -0.2) is 12.6 Å². The van der Waals surface area contributed by atoms with Crippen molar-refractivity contribution in [2.75, 3.05) is 6.54 Å². The minimum absolute atomic E-state index is 0.684. The highest BCUT2D eigenvalue weighted by molar-refractivity contribution is 4.62. The molecule has 0 spiro atoms. The predicted octanol–water partition coefficient (Wildman–Crippen LogP) is 3.06. The molecule has 0 saturated heterocycles. The zero-order valence-electron chi connectivity index (χ0n) is 9.35. The predicted molar refractivity (Wildman–Crippen MR) is 56.4 cm³/mol. The average molecular weight is 171 g/mol. The van der Waals surface area contributed by atoms with E-state index in [-0.39, 0.29) is 0 Å². The van der Waals surface area contributed by atoms with Crippen molar-refractivity contribution in [2.45, 2.75) is 53.5 Å². The topological polar surface area (TPSA) is 12.0 Å². The van der Waals surface area contributed by atoms with Gasteiger partial charge in [-0.2, -0.15) is 0 Å². The lowest BCUT2D eigenvalue weighted by Gasteiger charge is -2.16. The van der Waals surface area contributed by atoms with E-state index >= 15 is 0 Å². The van der Waals surface area contributed by atoms with Crippen LogP contribution in [0.3, 0.4) is 0 Å². The molecule has 0 fully saturated rings. The molecule has 1 atom stereocenters. The number of rotatable bonds is 6. The molecule has 0 aromatic heterocycles. The van der Waals surface area contributed by atoms with Gasteiger partial charge in [0.2, 0.25) is 0 Å². The van der Waals surface area contributed by atoms with E-state index in [2.05, 4.69) is 39.9 Å². The van der Waals surface area contributed by atoms with Crippen molar-refractivity contribution in [1.29, 1.82) is 0 Å². The fraction of sp³-hybridized carbons (Fsp3) is 1.00. The average Bonchev–Trinajstić information content (AvgIpc) is 1.84. The summed E-state index contributed by atoms with van der Waals surface area (Å²) in [6.07, 6.45) is 2.58. The Bertz CT molecular complexity index is 97.2. The second-order valence-corrected chi connectivity index (χ2v) is 4.67. The van der Waals surface area contributed by atoms with E-state index in [1.807, 2.05) is 0 Å². The van der Waals surface area contributed by atoms with Crippen LogP contribution in [-0.2, 0) is 0 Å². The summed E-state index contributed by atoms with van der Waals surface area (Å²) in [5.41, 5.74) is 0. The Morgan fingerprint density at radius 3 is 1.92 bits per heavy atom. The van der Waals surface area contributed by atoms with E-state index < -0.39 is 0 Å². The summed E-state index contributed by atoms with van der Waals surface area (Å²) in [6.45, 7) is 12.6. The molecular formula is C11H25N. The lowest BCUT2D eigenvalue weighted by atomic mass is 10.0. The SMILES string of the molecule is CC(C)CCN[C@H](C)CC(C)C. The summed E-state index contributed by atoms with van der Waals surface area (Å²) < 4.78 is 0. The van der Waals surface area contributed by atoms with Gasteiger partial charge in [0.25, 0.3) is 0 Å². The fourth-order valence-corrected chi connectivity index (χ4v) is 1.41. The minimum atomic E-state index is 0.684. The molecule has 0 heterocycles. The second-order valence-electron chi connectivity index (χ2n) is 4.67. The van der Waals surface area contributed by atoms with Crippen molar-refractivity contribution >= 4 is 0 Å². The molecule has 1 N–H and O–H groups in total. The highest BCUT2D eigenvalue weighted by atomic mass is 14.9. The van der Waals surface area contributed by atoms with Crippen LogP contribution in [0.25, 0.3) is 0 Å². The Balaban J connectivity index is 3.25. The van der Waals surface area contributed by atoms with Crippen LogP contribution in [0.15, 0.2) is 0 Å². The lowest BCUT2D eigenvalue weighted by molar-refractivity contribution is 0.423. The summed E-state index contributed by atoms with van der Waals surface area (Å²) in [4.78, 5) is 0. The third kappa shape index (κ3) is 8.06. The number of hydrogen-bond donors (Lipinski definition) is 1. The van der Waals surface area contributed by atoms with Crippen LogP contribution in [0.1, 0.15) is 47.5 Å². The maximum absolute atomic E-state index is 3.55. The molecule has 0 saturated carbocycles. The Hall–Kier alpha value is -0.0400. The van der Waals surface area contributed by atoms with Crippen molar-refractivity contribution < 1.29 is 0 Å². The van der Waals surface area contributed by atoms with E-state index in [0.717, 1.165) is 11.8 Å². The monoisotopic (exact) mass is 171 g/mol. The van der Waals surface area contributed by atoms with Crippen LogP contribution in [0.4, 0.5) is 0 Å². The standard InChI is InChI=1S/C11H25N/c1-9(2)6-7-12-11(5)8-10(3)4/h9-12H,6-8H2,1-5H3/t11-/m1/s1. The Morgan fingerprint density at radius 2 is 1.50 bits per heavy atom. The first-order chi connectivity index (χ1) is 5.52. The van der Waals surface area contributed by atoms with Gasteiger partial charge in [-0.25, -0.2) is 0 Å². The maximum atomic E-state index is 3.55.